The van der Waals surface area contributed by atoms with Gasteiger partial charge in [0.2, 0.25) is 0 Å². The van der Waals surface area contributed by atoms with Crippen LogP contribution < -0.4 is 10.6 Å². The number of nitro benzene ring substituents is 1. The average molecular weight is 385 g/mol. The molecule has 0 bridgehead atoms. The molecule has 1 rings (SSSR count). The van der Waals surface area contributed by atoms with Gasteiger partial charge in [-0.15, -0.1) is 0 Å². The summed E-state index contributed by atoms with van der Waals surface area (Å²) in [4.78, 5) is 16.8. The Labute approximate surface area is 154 Å². The Morgan fingerprint density at radius 1 is 1.35 bits per heavy atom. The number of nitro groups is 1. The molecule has 9 nitrogen and oxygen atoms in total. The predicted molar refractivity (Wildman–Crippen MR) is 104 cm³/mol. The van der Waals surface area contributed by atoms with Crippen molar-refractivity contribution in [2.45, 2.75) is 24.7 Å². The number of nitrogens with zero attached hydrogens (tertiary/aromatic N) is 3. The van der Waals surface area contributed by atoms with Crippen molar-refractivity contribution >= 4 is 27.2 Å². The maximum absolute atomic E-state index is 11.6. The van der Waals surface area contributed by atoms with Crippen LogP contribution >= 0.6 is 0 Å². The molecule has 10 heteroatoms. The molecule has 2 N–H and O–H groups in total. The fourth-order valence-electron chi connectivity index (χ4n) is 2.30. The third-order valence-electron chi connectivity index (χ3n) is 3.74. The molecule has 0 aliphatic rings. The van der Waals surface area contributed by atoms with Gasteiger partial charge in [0.15, 0.2) is 15.8 Å². The van der Waals surface area contributed by atoms with Crippen LogP contribution in [0.2, 0.25) is 0 Å². The Hall–Kier alpha value is -2.36. The van der Waals surface area contributed by atoms with Crippen molar-refractivity contribution in [3.05, 3.63) is 28.3 Å². The smallest absolute Gasteiger partial charge is 0.293 e. The number of nitrogens with one attached hydrogen (secondary N) is 2. The molecule has 0 saturated heterocycles. The molecule has 1 aromatic carbocycles. The van der Waals surface area contributed by atoms with E-state index >= 15 is 0 Å². The summed E-state index contributed by atoms with van der Waals surface area (Å²) < 4.78 is 23.1. The standard InChI is InChI=1S/C16H27N5O4S/c1-5-6-11-20(3)16(17-2)19-10-9-18-14-8-7-13(26(4,24)25)12-15(14)21(22)23/h7-8,12,18H,5-6,9-11H2,1-4H3,(H,17,19). The van der Waals surface area contributed by atoms with Crippen LogP contribution in [0.4, 0.5) is 11.4 Å². The van der Waals surface area contributed by atoms with Gasteiger partial charge >= 0.3 is 0 Å². The average Bonchev–Trinajstić information content (AvgIpc) is 2.58. The Bertz CT molecular complexity index is 749. The van der Waals surface area contributed by atoms with Crippen LogP contribution in [-0.4, -0.2) is 64.2 Å². The molecular weight excluding hydrogens is 358 g/mol. The number of benzene rings is 1. The van der Waals surface area contributed by atoms with Crippen LogP contribution in [0, 0.1) is 10.1 Å². The molecule has 0 spiro atoms. The van der Waals surface area contributed by atoms with E-state index in [9.17, 15) is 18.5 Å². The van der Waals surface area contributed by atoms with Crippen LogP contribution in [0.1, 0.15) is 19.8 Å². The number of hydrogen-bond acceptors (Lipinski definition) is 6. The highest BCUT2D eigenvalue weighted by Crippen LogP contribution is 2.27. The van der Waals surface area contributed by atoms with Crippen molar-refractivity contribution in [2.24, 2.45) is 4.99 Å². The molecule has 1 aromatic rings. The number of hydrogen-bond donors (Lipinski definition) is 2. The number of aliphatic imine (C=N–C) groups is 1. The zero-order valence-corrected chi connectivity index (χ0v) is 16.5. The van der Waals surface area contributed by atoms with Crippen molar-refractivity contribution in [2.75, 3.05) is 45.3 Å². The molecule has 0 aliphatic heterocycles. The van der Waals surface area contributed by atoms with E-state index in [0.717, 1.165) is 37.7 Å². The van der Waals surface area contributed by atoms with Gasteiger partial charge in [0, 0.05) is 46.1 Å². The first kappa shape index (κ1) is 21.7. The molecule has 0 saturated carbocycles. The zero-order valence-electron chi connectivity index (χ0n) is 15.7. The first-order chi connectivity index (χ1) is 12.2. The topological polar surface area (TPSA) is 117 Å². The molecule has 0 atom stereocenters. The van der Waals surface area contributed by atoms with E-state index in [1.807, 2.05) is 11.9 Å². The molecule has 0 heterocycles. The molecule has 0 amide bonds. The van der Waals surface area contributed by atoms with E-state index in [1.165, 1.54) is 12.1 Å². The second-order valence-electron chi connectivity index (χ2n) is 5.88. The van der Waals surface area contributed by atoms with E-state index in [-0.39, 0.29) is 16.3 Å². The highest BCUT2D eigenvalue weighted by atomic mass is 32.2. The van der Waals surface area contributed by atoms with Crippen molar-refractivity contribution in [1.29, 1.82) is 0 Å². The molecule has 0 fully saturated rings. The number of sulfone groups is 1. The minimum absolute atomic E-state index is 0.0779. The number of rotatable bonds is 9. The second kappa shape index (κ2) is 9.95. The Morgan fingerprint density at radius 3 is 2.58 bits per heavy atom. The minimum Gasteiger partial charge on any atom is -0.378 e. The number of anilines is 1. The van der Waals surface area contributed by atoms with Crippen LogP contribution in [0.3, 0.4) is 0 Å². The van der Waals surface area contributed by atoms with Gasteiger partial charge in [0.25, 0.3) is 5.69 Å². The van der Waals surface area contributed by atoms with Gasteiger partial charge in [-0.05, 0) is 18.6 Å². The molecule has 0 unspecified atom stereocenters. The van der Waals surface area contributed by atoms with Gasteiger partial charge in [0.05, 0.1) is 9.82 Å². The number of guanidine groups is 1. The van der Waals surface area contributed by atoms with Gasteiger partial charge < -0.3 is 15.5 Å². The van der Waals surface area contributed by atoms with Gasteiger partial charge in [-0.1, -0.05) is 13.3 Å². The van der Waals surface area contributed by atoms with Crippen molar-refractivity contribution in [3.8, 4) is 0 Å². The summed E-state index contributed by atoms with van der Waals surface area (Å²) in [6, 6.07) is 3.84. The third-order valence-corrected chi connectivity index (χ3v) is 4.85. The molecule has 146 valence electrons. The first-order valence-corrected chi connectivity index (χ1v) is 10.2. The third kappa shape index (κ3) is 6.51. The maximum Gasteiger partial charge on any atom is 0.293 e. The van der Waals surface area contributed by atoms with E-state index in [4.69, 9.17) is 0 Å². The van der Waals surface area contributed by atoms with E-state index in [0.29, 0.717) is 13.1 Å². The lowest BCUT2D eigenvalue weighted by Gasteiger charge is -2.22. The predicted octanol–water partition coefficient (Wildman–Crippen LogP) is 1.72. The molecule has 0 radical (unpaired) electrons. The molecular formula is C16H27N5O4S. The Balaban J connectivity index is 2.69. The summed E-state index contributed by atoms with van der Waals surface area (Å²) in [7, 11) is 0.154. The Kier molecular flexibility index (Phi) is 8.30. The van der Waals surface area contributed by atoms with Gasteiger partial charge in [0.1, 0.15) is 5.69 Å². The lowest BCUT2D eigenvalue weighted by Crippen LogP contribution is -2.41. The van der Waals surface area contributed by atoms with Crippen LogP contribution in [-0.2, 0) is 9.84 Å². The lowest BCUT2D eigenvalue weighted by atomic mass is 10.2. The highest BCUT2D eigenvalue weighted by Gasteiger charge is 2.18. The second-order valence-corrected chi connectivity index (χ2v) is 7.90. The van der Waals surface area contributed by atoms with Gasteiger partial charge in [-0.25, -0.2) is 8.42 Å². The summed E-state index contributed by atoms with van der Waals surface area (Å²) in [6.45, 7) is 3.94. The zero-order chi connectivity index (χ0) is 19.7. The summed E-state index contributed by atoms with van der Waals surface area (Å²) in [5, 5.41) is 17.3. The van der Waals surface area contributed by atoms with Crippen LogP contribution in [0.5, 0.6) is 0 Å². The fraction of sp³-hybridized carbons (Fsp3) is 0.562. The summed E-state index contributed by atoms with van der Waals surface area (Å²) >= 11 is 0. The molecule has 0 aromatic heterocycles. The molecule has 0 aliphatic carbocycles. The van der Waals surface area contributed by atoms with Crippen molar-refractivity contribution in [1.82, 2.24) is 10.2 Å². The minimum atomic E-state index is -3.50. The summed E-state index contributed by atoms with van der Waals surface area (Å²) in [5.74, 6) is 0.752. The van der Waals surface area contributed by atoms with Crippen LogP contribution in [0.15, 0.2) is 28.1 Å². The quantitative estimate of drug-likeness (QED) is 0.218. The number of unbranched alkanes of at least 4 members (excludes halogenated alkanes) is 1. The summed E-state index contributed by atoms with van der Waals surface area (Å²) in [5.41, 5.74) is 0.0101. The van der Waals surface area contributed by atoms with Crippen molar-refractivity contribution in [3.63, 3.8) is 0 Å². The fourth-order valence-corrected chi connectivity index (χ4v) is 2.94. The normalized spacial score (nSPS) is 11.9. The largest absolute Gasteiger partial charge is 0.378 e. The molecule has 26 heavy (non-hydrogen) atoms. The SMILES string of the molecule is CCCCN(C)C(=NC)NCCNc1ccc(S(C)(=O)=O)cc1[N+](=O)[O-]. The van der Waals surface area contributed by atoms with Crippen molar-refractivity contribution < 1.29 is 13.3 Å². The first-order valence-electron chi connectivity index (χ1n) is 8.34. The van der Waals surface area contributed by atoms with Gasteiger partial charge in [-0.2, -0.15) is 0 Å². The van der Waals surface area contributed by atoms with Gasteiger partial charge in [-0.3, -0.25) is 15.1 Å². The maximum atomic E-state index is 11.6. The highest BCUT2D eigenvalue weighted by molar-refractivity contribution is 7.90. The lowest BCUT2D eigenvalue weighted by molar-refractivity contribution is -0.384. The monoisotopic (exact) mass is 385 g/mol. The van der Waals surface area contributed by atoms with Crippen LogP contribution in [0.25, 0.3) is 0 Å². The summed E-state index contributed by atoms with van der Waals surface area (Å²) in [6.07, 6.45) is 3.17. The van der Waals surface area contributed by atoms with E-state index in [1.54, 1.807) is 7.05 Å². The van der Waals surface area contributed by atoms with E-state index < -0.39 is 14.8 Å². The Morgan fingerprint density at radius 2 is 2.04 bits per heavy atom. The van der Waals surface area contributed by atoms with E-state index in [2.05, 4.69) is 22.5 Å².